The number of aryl methyl sites for hydroxylation is 3. The van der Waals surface area contributed by atoms with Crippen LogP contribution in [0.4, 0.5) is 17.1 Å². The van der Waals surface area contributed by atoms with Gasteiger partial charge in [-0.15, -0.1) is 125 Å². The number of benzene rings is 4. The molecule has 15 aromatic rings. The van der Waals surface area contributed by atoms with Gasteiger partial charge in [0.15, 0.2) is 12.1 Å². The number of aldehydes is 1. The molecule has 0 aliphatic carbocycles. The third-order valence-electron chi connectivity index (χ3n) is 19.1. The number of Topliss-reactive ketones (excluding diaryl/α,β-unsaturated/α-hetero) is 1. The number of hydrogen-bond acceptors (Lipinski definition) is 26. The van der Waals surface area contributed by atoms with Crippen LogP contribution in [-0.2, 0) is 17.6 Å². The Morgan fingerprint density at radius 1 is 0.388 bits per heavy atom. The van der Waals surface area contributed by atoms with Gasteiger partial charge in [-0.2, -0.15) is 0 Å². The van der Waals surface area contributed by atoms with Crippen molar-refractivity contribution in [3.63, 3.8) is 0 Å². The molecule has 6 N–H and O–H groups in total. The number of carboxylic acids is 1. The summed E-state index contributed by atoms with van der Waals surface area (Å²) in [6.45, 7) is 13.5. The number of aliphatic hydroxyl groups is 6. The number of aromatic carboxylic acids is 1. The molecule has 11 aromatic heterocycles. The van der Waals surface area contributed by atoms with Crippen LogP contribution in [0.2, 0.25) is 0 Å². The summed E-state index contributed by atoms with van der Waals surface area (Å²) in [6.07, 6.45) is 20.5. The molecule has 0 saturated heterocycles. The number of carbonyl (C=O) groups excluding carboxylic acids is 4. The number of carboxylic acid groups (broad SMARTS) is 1. The number of thiophene rings is 11. The Morgan fingerprint density at radius 3 is 1.17 bits per heavy atom. The second-order valence-corrected chi connectivity index (χ2v) is 40.3. The summed E-state index contributed by atoms with van der Waals surface area (Å²) in [6, 6.07) is 77.0. The Kier molecular flexibility index (Phi) is 47.4. The fraction of sp³-hybridized carbons (Fsp3) is 0.216. The smallest absolute Gasteiger partial charge is 0.544 e. The van der Waals surface area contributed by atoms with Crippen LogP contribution in [0.25, 0.3) is 87.6 Å². The van der Waals surface area contributed by atoms with Crippen LogP contribution >= 0.6 is 125 Å². The molecule has 0 bridgehead atoms. The first-order chi connectivity index (χ1) is 62.3. The van der Waals surface area contributed by atoms with Crippen LogP contribution in [-0.4, -0.2) is 141 Å². The second-order valence-electron chi connectivity index (χ2n) is 28.2. The van der Waals surface area contributed by atoms with E-state index >= 15 is 0 Å². The van der Waals surface area contributed by atoms with E-state index in [0.29, 0.717) is 43.5 Å². The van der Waals surface area contributed by atoms with Crippen LogP contribution < -0.4 is 49.4 Å². The van der Waals surface area contributed by atoms with Gasteiger partial charge in [-0.1, -0.05) is 124 Å². The zero-order valence-corrected chi connectivity index (χ0v) is 84.3. The predicted molar refractivity (Wildman–Crippen MR) is 553 cm³/mol. The van der Waals surface area contributed by atoms with E-state index in [2.05, 4.69) is 148 Å². The second kappa shape index (κ2) is 58.0. The fourth-order valence-electron chi connectivity index (χ4n) is 12.1. The van der Waals surface area contributed by atoms with Gasteiger partial charge in [0, 0.05) is 137 Å². The van der Waals surface area contributed by atoms with Gasteiger partial charge in [-0.05, 0) is 259 Å². The standard InChI is InChI=1S/C21H21NO4S2.C17H19NO3S.C17H20OS.C16H19NO2S.C11H10OS2.C10H8OS2.C10H10S2.Na/c23-13-11-22(12-14-24)16-4-1-15(2-5-16)3-6-17-7-8-18(27-17)19-9-10-20(28-19)21(25)26;1-18(11-12-19)14-6-3-13(4-7-14)5-8-15-9-10-16(22-15)17(20)21-2;1-13(11-12-18)16-7-4-15(5-8-16)6-10-17-9-3-14(2)19-17;18-11-9-17(10-12-19)15-6-3-14(4-7-15)5-8-16-2-1-13-20-16;1-2-8-3-5-10(13-8)11-6-4-9(7-12)14-11;1-7(11)8-4-5-10(13-8)9-3-2-6-12-9;1-2-8-5-6-10(12-8)9-4-3-7-11-9;/h1-10,23-24H,11-14H2,(H,25,26);3-10,19H,11-12H2,1-2H3;3-10,13,18H,11-12H2,1-2H3;1-8,13,18-19H,9-12H2;3-7H,2H2,1H3;2-6H,1H3;3-7H,2H2,1H3;/q;;;;;;;+1/p-1/b6-3+;8-5+;10-6+;8-5+;;;;. The molecule has 668 valence electrons. The Hall–Kier alpha value is -9.02. The van der Waals surface area contributed by atoms with Crippen molar-refractivity contribution in [2.75, 3.05) is 101 Å². The molecular formula is C102H106N3NaO12S11. The van der Waals surface area contributed by atoms with Crippen molar-refractivity contribution in [1.29, 1.82) is 0 Å². The van der Waals surface area contributed by atoms with Crippen LogP contribution in [0.3, 0.4) is 0 Å². The molecule has 27 heteroatoms. The fourth-order valence-corrected chi connectivity index (χ4v) is 21.6. The van der Waals surface area contributed by atoms with Crippen LogP contribution in [0.1, 0.15) is 141 Å². The molecule has 0 radical (unpaired) electrons. The number of ketones is 1. The van der Waals surface area contributed by atoms with Gasteiger partial charge >= 0.3 is 35.5 Å². The van der Waals surface area contributed by atoms with Gasteiger partial charge in [0.05, 0.1) is 60.7 Å². The van der Waals surface area contributed by atoms with Crippen molar-refractivity contribution >= 4 is 214 Å². The third kappa shape index (κ3) is 35.6. The number of ether oxygens (including phenoxy) is 1. The molecule has 1 unspecified atom stereocenters. The minimum Gasteiger partial charge on any atom is -0.544 e. The third-order valence-corrected chi connectivity index (χ3v) is 31.2. The molecule has 0 aliphatic heterocycles. The van der Waals surface area contributed by atoms with Gasteiger partial charge in [-0.25, -0.2) is 4.79 Å². The first-order valence-electron chi connectivity index (χ1n) is 41.4. The normalized spacial score (nSPS) is 11.0. The molecular weight excluding hydrogens is 1830 g/mol. The van der Waals surface area contributed by atoms with E-state index in [0.717, 1.165) is 88.6 Å². The zero-order chi connectivity index (χ0) is 91.4. The predicted octanol–water partition coefficient (Wildman–Crippen LogP) is 21.9. The van der Waals surface area contributed by atoms with Crippen molar-refractivity contribution in [3.05, 3.63) is 328 Å². The minimum atomic E-state index is -1.15. The number of likely N-dealkylation sites (N-methyl/N-ethyl adjacent to an activating group) is 1. The van der Waals surface area contributed by atoms with E-state index in [9.17, 15) is 24.3 Å². The number of nitrogens with zero attached hydrogens (tertiary/aromatic N) is 3. The van der Waals surface area contributed by atoms with Gasteiger partial charge in [0.25, 0.3) is 0 Å². The number of hydrogen-bond donors (Lipinski definition) is 6. The average molecular weight is 1940 g/mol. The molecule has 15 rings (SSSR count). The average Bonchev–Trinajstić information content (AvgIpc) is 1.70. The summed E-state index contributed by atoms with van der Waals surface area (Å²) in [4.78, 5) is 70.6. The molecule has 0 saturated carbocycles. The topological polar surface area (TPSA) is 232 Å². The first-order valence-corrected chi connectivity index (χ1v) is 50.5. The maximum Gasteiger partial charge on any atom is 1.00 e. The monoisotopic (exact) mass is 1940 g/mol. The van der Waals surface area contributed by atoms with Gasteiger partial charge in [0.1, 0.15) is 4.88 Å². The van der Waals surface area contributed by atoms with Gasteiger partial charge in [-0.3, -0.25) is 9.59 Å². The number of methoxy groups -OCH3 is 1. The molecule has 4 aromatic carbocycles. The molecule has 129 heavy (non-hydrogen) atoms. The van der Waals surface area contributed by atoms with Gasteiger partial charge < -0.3 is 60.0 Å². The summed E-state index contributed by atoms with van der Waals surface area (Å²) in [5.41, 5.74) is 8.80. The number of carbonyl (C=O) groups is 4. The van der Waals surface area contributed by atoms with Crippen molar-refractivity contribution in [3.8, 4) is 39.0 Å². The summed E-state index contributed by atoms with van der Waals surface area (Å²) >= 11 is 18.1. The summed E-state index contributed by atoms with van der Waals surface area (Å²) < 4.78 is 4.69. The van der Waals surface area contributed by atoms with Crippen molar-refractivity contribution in [1.82, 2.24) is 0 Å². The molecule has 15 nitrogen and oxygen atoms in total. The first kappa shape index (κ1) is 105. The maximum absolute atomic E-state index is 11.4. The van der Waals surface area contributed by atoms with E-state index in [1.54, 1.807) is 93.1 Å². The number of aliphatic hydroxyl groups excluding tert-OH is 6. The zero-order valence-electron chi connectivity index (χ0n) is 73.3. The minimum absolute atomic E-state index is 0. The van der Waals surface area contributed by atoms with E-state index in [1.807, 2.05) is 213 Å². The molecule has 11 heterocycles. The molecule has 0 aliphatic rings. The van der Waals surface area contributed by atoms with Crippen molar-refractivity contribution in [2.45, 2.75) is 59.8 Å². The maximum atomic E-state index is 11.4. The quantitative estimate of drug-likeness (QED) is 0.00953. The molecule has 0 spiro atoms. The van der Waals surface area contributed by atoms with Crippen LogP contribution in [0.5, 0.6) is 0 Å². The van der Waals surface area contributed by atoms with Gasteiger partial charge in [0.2, 0.25) is 0 Å². The molecule has 0 amide bonds. The van der Waals surface area contributed by atoms with Crippen LogP contribution in [0.15, 0.2) is 247 Å². The Morgan fingerprint density at radius 2 is 0.767 bits per heavy atom. The number of esters is 1. The Labute approximate surface area is 823 Å². The van der Waals surface area contributed by atoms with Crippen LogP contribution in [0, 0.1) is 6.92 Å². The summed E-state index contributed by atoms with van der Waals surface area (Å²) in [7, 11) is 3.33. The number of anilines is 3. The number of rotatable bonds is 34. The summed E-state index contributed by atoms with van der Waals surface area (Å²) in [5.74, 6) is -0.885. The Bertz CT molecular complexity index is 5820. The summed E-state index contributed by atoms with van der Waals surface area (Å²) in [5, 5.41) is 71.4. The van der Waals surface area contributed by atoms with E-state index in [-0.39, 0.29) is 85.8 Å². The SMILES string of the molecule is CC(=O)c1ccc(-c2cccs2)s1.CCc1ccc(-c2ccc(C=O)s2)s1.CCc1ccc(-c2cccs2)s1.COC(=O)c1ccc(/C=C/c2ccc(N(C)CCO)cc2)s1.Cc1ccc(/C=C/c2ccc(C(C)CCO)cc2)s1.O=C([O-])c1ccc(-c2ccc(/C=C/c3ccc(N(CCO)CCO)cc3)s2)s1.OCCN(CCO)c1ccc(/C=C/c2cccs2)cc1.[Na+]. The van der Waals surface area contributed by atoms with E-state index in [1.165, 1.54) is 94.6 Å². The van der Waals surface area contributed by atoms with Crippen molar-refractivity contribution < 1.29 is 89.2 Å². The largest absolute Gasteiger partial charge is 1.00 e. The molecule has 0 fully saturated rings. The Balaban J connectivity index is 0.000000189. The van der Waals surface area contributed by atoms with E-state index in [4.69, 9.17) is 35.4 Å². The van der Waals surface area contributed by atoms with E-state index < -0.39 is 5.97 Å². The molecule has 1 atom stereocenters. The van der Waals surface area contributed by atoms with Crippen molar-refractivity contribution in [2.24, 2.45) is 0 Å².